The number of rotatable bonds is 8. The van der Waals surface area contributed by atoms with Gasteiger partial charge in [0.05, 0.1) is 18.8 Å². The monoisotopic (exact) mass is 537 g/mol. The van der Waals surface area contributed by atoms with E-state index in [-0.39, 0.29) is 31.7 Å². The smallest absolute Gasteiger partial charge is 0.336 e. The molecule has 1 aromatic heterocycles. The lowest BCUT2D eigenvalue weighted by Crippen LogP contribution is -2.43. The number of benzene rings is 1. The average molecular weight is 538 g/mol. The lowest BCUT2D eigenvalue weighted by molar-refractivity contribution is -0.152. The number of carbonyl (C=O) groups is 3. The van der Waals surface area contributed by atoms with Crippen LogP contribution >= 0.6 is 11.3 Å². The molecule has 0 saturated heterocycles. The lowest BCUT2D eigenvalue weighted by atomic mass is 9.68. The summed E-state index contributed by atoms with van der Waals surface area (Å²) in [7, 11) is 0. The molecule has 0 unspecified atom stereocenters. The molecule has 3 atom stereocenters. The molecule has 0 radical (unpaired) electrons. The average Bonchev–Trinajstić information content (AvgIpc) is 3.60. The molecular weight excluding hydrogens is 506 g/mol. The highest BCUT2D eigenvalue weighted by Crippen LogP contribution is 2.50. The van der Waals surface area contributed by atoms with Gasteiger partial charge in [-0.05, 0) is 55.8 Å². The van der Waals surface area contributed by atoms with Gasteiger partial charge in [0.1, 0.15) is 5.92 Å². The Morgan fingerprint density at radius 1 is 1.08 bits per heavy atom. The molecule has 1 aromatic carbocycles. The Bertz CT molecular complexity index is 1310. The predicted octanol–water partition coefficient (Wildman–Crippen LogP) is 4.97. The highest BCUT2D eigenvalue weighted by molar-refractivity contribution is 7.10. The molecule has 0 saturated carbocycles. The minimum atomic E-state index is -1.01. The van der Waals surface area contributed by atoms with Crippen LogP contribution in [0.2, 0.25) is 0 Å². The van der Waals surface area contributed by atoms with Crippen molar-refractivity contribution < 1.29 is 33.3 Å². The largest absolute Gasteiger partial charge is 0.465 e. The van der Waals surface area contributed by atoms with E-state index in [2.05, 4.69) is 5.32 Å². The van der Waals surface area contributed by atoms with Gasteiger partial charge in [0.2, 0.25) is 6.79 Å². The van der Waals surface area contributed by atoms with Gasteiger partial charge in [-0.25, -0.2) is 4.79 Å². The second-order valence-corrected chi connectivity index (χ2v) is 10.3. The number of thiophene rings is 1. The molecule has 1 N–H and O–H groups in total. The topological polar surface area (TPSA) is 100 Å². The van der Waals surface area contributed by atoms with Crippen LogP contribution in [0.5, 0.6) is 11.5 Å². The maximum absolute atomic E-state index is 14.4. The molecule has 5 rings (SSSR count). The molecule has 0 bridgehead atoms. The maximum Gasteiger partial charge on any atom is 0.336 e. The second kappa shape index (κ2) is 11.0. The molecule has 9 heteroatoms. The van der Waals surface area contributed by atoms with Crippen molar-refractivity contribution >= 4 is 29.1 Å². The van der Waals surface area contributed by atoms with Crippen molar-refractivity contribution in [1.82, 2.24) is 5.32 Å². The Morgan fingerprint density at radius 2 is 1.87 bits per heavy atom. The van der Waals surface area contributed by atoms with Crippen molar-refractivity contribution in [1.29, 1.82) is 0 Å². The molecule has 200 valence electrons. The van der Waals surface area contributed by atoms with Crippen molar-refractivity contribution in [2.45, 2.75) is 51.9 Å². The number of carbonyl (C=O) groups excluding carboxylic acids is 3. The number of nitrogens with one attached hydrogen (secondary N) is 1. The molecular formula is C29H31NO7S. The summed E-state index contributed by atoms with van der Waals surface area (Å²) in [5.74, 6) is -2.33. The van der Waals surface area contributed by atoms with Gasteiger partial charge < -0.3 is 24.3 Å². The number of ketones is 1. The van der Waals surface area contributed by atoms with Crippen LogP contribution in [-0.4, -0.2) is 37.7 Å². The number of hydrogen-bond acceptors (Lipinski definition) is 9. The summed E-state index contributed by atoms with van der Waals surface area (Å²) in [5.41, 5.74) is 2.95. The third-order valence-electron chi connectivity index (χ3n) is 7.08. The molecule has 3 heterocycles. The lowest BCUT2D eigenvalue weighted by Gasteiger charge is -2.39. The van der Waals surface area contributed by atoms with Crippen LogP contribution in [0.25, 0.3) is 0 Å². The first-order chi connectivity index (χ1) is 18.5. The predicted molar refractivity (Wildman–Crippen MR) is 141 cm³/mol. The van der Waals surface area contributed by atoms with E-state index >= 15 is 0 Å². The van der Waals surface area contributed by atoms with Gasteiger partial charge in [0, 0.05) is 33.7 Å². The van der Waals surface area contributed by atoms with E-state index < -0.39 is 23.8 Å². The highest BCUT2D eigenvalue weighted by Gasteiger charge is 2.49. The number of hydrogen-bond donors (Lipinski definition) is 1. The van der Waals surface area contributed by atoms with E-state index in [1.807, 2.05) is 36.6 Å². The van der Waals surface area contributed by atoms with Gasteiger partial charge in [-0.3, -0.25) is 9.59 Å². The standard InChI is InChI=1S/C29H31NO7S/c1-4-8-18-26(29(33)35-6-3)23(16-10-11-20-21(13-16)37-15-36-20)25-19(30-18)14-17(22-9-7-12-38-22)24(27(25)31)28(32)34-5-2/h7,9-13,17,23-24,30H,4-6,8,14-15H2,1-3H3/t17-,23-,24+/m1/s1. The summed E-state index contributed by atoms with van der Waals surface area (Å²) in [6, 6.07) is 9.30. The summed E-state index contributed by atoms with van der Waals surface area (Å²) in [6.45, 7) is 5.99. The maximum atomic E-state index is 14.4. The highest BCUT2D eigenvalue weighted by atomic mass is 32.1. The molecule has 0 amide bonds. The zero-order valence-corrected chi connectivity index (χ0v) is 22.5. The van der Waals surface area contributed by atoms with Gasteiger partial charge in [-0.1, -0.05) is 25.5 Å². The first-order valence-corrected chi connectivity index (χ1v) is 13.9. The number of dihydropyridines is 1. The molecule has 3 aliphatic rings. The van der Waals surface area contributed by atoms with Crippen molar-refractivity contribution in [3.8, 4) is 11.5 Å². The van der Waals surface area contributed by atoms with Crippen LogP contribution < -0.4 is 14.8 Å². The van der Waals surface area contributed by atoms with E-state index in [0.29, 0.717) is 41.1 Å². The molecule has 2 aromatic rings. The van der Waals surface area contributed by atoms with E-state index in [4.69, 9.17) is 18.9 Å². The third-order valence-corrected chi connectivity index (χ3v) is 8.08. The number of Topliss-reactive ketones (excluding diaryl/α,β-unsaturated/α-hetero) is 1. The summed E-state index contributed by atoms with van der Waals surface area (Å²) >= 11 is 1.52. The molecule has 2 aliphatic heterocycles. The van der Waals surface area contributed by atoms with Crippen molar-refractivity contribution in [3.05, 3.63) is 68.7 Å². The van der Waals surface area contributed by atoms with Crippen LogP contribution in [0.1, 0.15) is 62.3 Å². The first-order valence-electron chi connectivity index (χ1n) is 13.0. The molecule has 0 fully saturated rings. The van der Waals surface area contributed by atoms with E-state index in [0.717, 1.165) is 22.7 Å². The molecule has 0 spiro atoms. The van der Waals surface area contributed by atoms with E-state index in [1.54, 1.807) is 19.9 Å². The Kier molecular flexibility index (Phi) is 7.56. The third kappa shape index (κ3) is 4.60. The Labute approximate surface area is 225 Å². The van der Waals surface area contributed by atoms with Gasteiger partial charge >= 0.3 is 11.9 Å². The fourth-order valence-corrected chi connectivity index (χ4v) is 6.41. The minimum Gasteiger partial charge on any atom is -0.465 e. The number of ether oxygens (including phenoxy) is 4. The number of esters is 2. The van der Waals surface area contributed by atoms with Crippen LogP contribution in [0.3, 0.4) is 0 Å². The Hall–Kier alpha value is -3.59. The zero-order valence-electron chi connectivity index (χ0n) is 21.7. The van der Waals surface area contributed by atoms with Gasteiger partial charge in [-0.15, -0.1) is 11.3 Å². The van der Waals surface area contributed by atoms with Crippen molar-refractivity contribution in [3.63, 3.8) is 0 Å². The summed E-state index contributed by atoms with van der Waals surface area (Å²) in [6.07, 6.45) is 1.83. The zero-order chi connectivity index (χ0) is 26.8. The Morgan fingerprint density at radius 3 is 2.58 bits per heavy atom. The van der Waals surface area contributed by atoms with Crippen molar-refractivity contribution in [2.75, 3.05) is 20.0 Å². The van der Waals surface area contributed by atoms with Crippen LogP contribution in [0.4, 0.5) is 0 Å². The first kappa shape index (κ1) is 26.0. The van der Waals surface area contributed by atoms with E-state index in [1.165, 1.54) is 11.3 Å². The molecule has 38 heavy (non-hydrogen) atoms. The molecule has 1 aliphatic carbocycles. The van der Waals surface area contributed by atoms with Crippen LogP contribution in [-0.2, 0) is 23.9 Å². The number of fused-ring (bicyclic) bond motifs is 1. The normalized spacial score (nSPS) is 22.2. The van der Waals surface area contributed by atoms with E-state index in [9.17, 15) is 14.4 Å². The fourth-order valence-electron chi connectivity index (χ4n) is 5.54. The second-order valence-electron chi connectivity index (χ2n) is 9.35. The summed E-state index contributed by atoms with van der Waals surface area (Å²) < 4.78 is 22.0. The minimum absolute atomic E-state index is 0.104. The fraction of sp³-hybridized carbons (Fsp3) is 0.414. The Balaban J connectivity index is 1.70. The quantitative estimate of drug-likeness (QED) is 0.372. The molecule has 8 nitrogen and oxygen atoms in total. The van der Waals surface area contributed by atoms with Crippen LogP contribution in [0, 0.1) is 5.92 Å². The number of allylic oxidation sites excluding steroid dienone is 3. The SMILES string of the molecule is CCCC1=C(C(=O)OCC)[C@H](c2ccc3c(c2)OCO3)C2=C(C[C@H](c3cccs3)[C@H](C(=O)OCC)C2=O)N1. The van der Waals surface area contributed by atoms with Gasteiger partial charge in [-0.2, -0.15) is 0 Å². The van der Waals surface area contributed by atoms with Crippen molar-refractivity contribution in [2.24, 2.45) is 5.92 Å². The summed E-state index contributed by atoms with van der Waals surface area (Å²) in [5, 5.41) is 5.39. The summed E-state index contributed by atoms with van der Waals surface area (Å²) in [4.78, 5) is 42.0. The van der Waals surface area contributed by atoms with Gasteiger partial charge in [0.15, 0.2) is 17.3 Å². The van der Waals surface area contributed by atoms with Gasteiger partial charge in [0.25, 0.3) is 0 Å². The van der Waals surface area contributed by atoms with Crippen LogP contribution in [0.15, 0.2) is 58.3 Å².